The van der Waals surface area contributed by atoms with Crippen LogP contribution in [-0.2, 0) is 6.42 Å². The van der Waals surface area contributed by atoms with E-state index in [1.807, 2.05) is 18.2 Å². The minimum absolute atomic E-state index is 0.227. The molecule has 3 nitrogen and oxygen atoms in total. The number of benzene rings is 1. The molecule has 0 radical (unpaired) electrons. The number of alkyl halides is 3. The molecular weight excluding hydrogens is 351 g/mol. The van der Waals surface area contributed by atoms with Gasteiger partial charge in [0.25, 0.3) is 0 Å². The van der Waals surface area contributed by atoms with Gasteiger partial charge in [-0.3, -0.25) is 0 Å². The van der Waals surface area contributed by atoms with Crippen molar-refractivity contribution in [3.8, 4) is 5.75 Å². The monoisotopic (exact) mass is 363 g/mol. The Hall–Kier alpha value is -2.41. The van der Waals surface area contributed by atoms with Crippen molar-refractivity contribution in [2.45, 2.75) is 17.7 Å². The lowest BCUT2D eigenvalue weighted by Gasteiger charge is -2.12. The zero-order valence-electron chi connectivity index (χ0n) is 12.8. The number of aromatic nitrogens is 1. The van der Waals surface area contributed by atoms with Gasteiger partial charge in [-0.2, -0.15) is 0 Å². The fraction of sp³-hybridized carbons (Fsp3) is 0.167. The number of furan rings is 1. The summed E-state index contributed by atoms with van der Waals surface area (Å²) in [5.74, 6) is 1.37. The molecule has 1 aliphatic heterocycles. The fourth-order valence-corrected chi connectivity index (χ4v) is 4.02. The van der Waals surface area contributed by atoms with Gasteiger partial charge in [0.2, 0.25) is 0 Å². The smallest absolute Gasteiger partial charge is 0.465 e. The standard InChI is InChI=1S/C18H12F3NO2S/c19-18(20,21)24-12-4-6-16-14(10-12)17-13(7-9-25-17)15(22-16)5-3-11-2-1-8-23-11/h1-6,8,10H,7,9H2/b5-3+. The first-order valence-electron chi connectivity index (χ1n) is 7.56. The quantitative estimate of drug-likeness (QED) is 0.612. The first kappa shape index (κ1) is 16.1. The zero-order valence-corrected chi connectivity index (χ0v) is 13.7. The number of nitrogens with zero attached hydrogens (tertiary/aromatic N) is 1. The number of pyridine rings is 1. The lowest BCUT2D eigenvalue weighted by Crippen LogP contribution is -2.17. The Morgan fingerprint density at radius 2 is 2.08 bits per heavy atom. The Labute approximate surface area is 145 Å². The van der Waals surface area contributed by atoms with E-state index in [9.17, 15) is 13.2 Å². The van der Waals surface area contributed by atoms with Crippen molar-refractivity contribution in [1.29, 1.82) is 0 Å². The number of fused-ring (bicyclic) bond motifs is 3. The summed E-state index contributed by atoms with van der Waals surface area (Å²) in [4.78, 5) is 5.57. The molecule has 128 valence electrons. The highest BCUT2D eigenvalue weighted by Gasteiger charge is 2.31. The Kier molecular flexibility index (Phi) is 3.95. The van der Waals surface area contributed by atoms with Crippen LogP contribution in [0.25, 0.3) is 23.1 Å². The van der Waals surface area contributed by atoms with Gasteiger partial charge in [0, 0.05) is 16.0 Å². The molecule has 0 saturated heterocycles. The van der Waals surface area contributed by atoms with Crippen molar-refractivity contribution in [2.24, 2.45) is 0 Å². The summed E-state index contributed by atoms with van der Waals surface area (Å²) in [7, 11) is 0. The normalized spacial score (nSPS) is 14.4. The lowest BCUT2D eigenvalue weighted by molar-refractivity contribution is -0.274. The molecule has 0 bridgehead atoms. The number of hydrogen-bond donors (Lipinski definition) is 0. The second-order valence-corrected chi connectivity index (χ2v) is 6.58. The molecule has 0 saturated carbocycles. The Morgan fingerprint density at radius 1 is 1.20 bits per heavy atom. The molecule has 0 fully saturated rings. The maximum Gasteiger partial charge on any atom is 0.573 e. The molecule has 1 aromatic carbocycles. The summed E-state index contributed by atoms with van der Waals surface area (Å²) in [6, 6.07) is 7.89. The predicted octanol–water partition coefficient (Wildman–Crippen LogP) is 5.55. The molecule has 1 aliphatic rings. The lowest BCUT2D eigenvalue weighted by atomic mass is 10.1. The Morgan fingerprint density at radius 3 is 2.84 bits per heavy atom. The molecule has 2 aromatic heterocycles. The Balaban J connectivity index is 1.78. The van der Waals surface area contributed by atoms with E-state index in [4.69, 9.17) is 4.42 Å². The maximum absolute atomic E-state index is 12.5. The summed E-state index contributed by atoms with van der Waals surface area (Å²) < 4.78 is 46.7. The van der Waals surface area contributed by atoms with Crippen molar-refractivity contribution in [3.63, 3.8) is 0 Å². The summed E-state index contributed by atoms with van der Waals surface area (Å²) in [6.45, 7) is 0. The average molecular weight is 363 g/mol. The maximum atomic E-state index is 12.5. The van der Waals surface area contributed by atoms with Gasteiger partial charge in [-0.1, -0.05) is 0 Å². The second kappa shape index (κ2) is 6.15. The number of halogens is 3. The van der Waals surface area contributed by atoms with Crippen LogP contribution in [-0.4, -0.2) is 17.1 Å². The molecule has 4 rings (SSSR count). The van der Waals surface area contributed by atoms with Crippen LogP contribution in [0.5, 0.6) is 5.75 Å². The number of thioether (sulfide) groups is 1. The number of hydrogen-bond acceptors (Lipinski definition) is 4. The first-order valence-corrected chi connectivity index (χ1v) is 8.55. The van der Waals surface area contributed by atoms with Crippen LogP contribution in [0, 0.1) is 0 Å². The van der Waals surface area contributed by atoms with E-state index in [1.165, 1.54) is 12.1 Å². The fourth-order valence-electron chi connectivity index (χ4n) is 2.81. The van der Waals surface area contributed by atoms with E-state index in [-0.39, 0.29) is 5.75 Å². The SMILES string of the molecule is FC(F)(F)Oc1ccc2nc(/C=C/c3ccco3)c3c(c2c1)SCC3. The third kappa shape index (κ3) is 3.37. The largest absolute Gasteiger partial charge is 0.573 e. The zero-order chi connectivity index (χ0) is 17.4. The molecule has 25 heavy (non-hydrogen) atoms. The Bertz CT molecular complexity index is 949. The minimum atomic E-state index is -4.71. The van der Waals surface area contributed by atoms with Crippen molar-refractivity contribution in [3.05, 3.63) is 53.6 Å². The topological polar surface area (TPSA) is 35.3 Å². The van der Waals surface area contributed by atoms with Crippen LogP contribution < -0.4 is 4.74 Å². The van der Waals surface area contributed by atoms with Gasteiger partial charge in [0.1, 0.15) is 11.5 Å². The third-order valence-electron chi connectivity index (χ3n) is 3.82. The van der Waals surface area contributed by atoms with Crippen molar-refractivity contribution in [2.75, 3.05) is 5.75 Å². The summed E-state index contributed by atoms with van der Waals surface area (Å²) in [5, 5.41) is 0.689. The van der Waals surface area contributed by atoms with E-state index in [2.05, 4.69) is 9.72 Å². The van der Waals surface area contributed by atoms with Crippen molar-refractivity contribution >= 4 is 34.8 Å². The molecule has 3 heterocycles. The van der Waals surface area contributed by atoms with Gasteiger partial charge < -0.3 is 9.15 Å². The highest BCUT2D eigenvalue weighted by atomic mass is 32.2. The number of ether oxygens (including phenoxy) is 1. The molecule has 3 aromatic rings. The molecular formula is C18H12F3NO2S. The van der Waals surface area contributed by atoms with Gasteiger partial charge in [-0.25, -0.2) is 4.98 Å². The number of rotatable bonds is 3. The van der Waals surface area contributed by atoms with Gasteiger partial charge >= 0.3 is 6.36 Å². The summed E-state index contributed by atoms with van der Waals surface area (Å²) >= 11 is 1.63. The molecule has 0 N–H and O–H groups in total. The van der Waals surface area contributed by atoms with E-state index >= 15 is 0 Å². The van der Waals surface area contributed by atoms with E-state index in [0.29, 0.717) is 10.9 Å². The average Bonchev–Trinajstić information content (AvgIpc) is 3.23. The summed E-state index contributed by atoms with van der Waals surface area (Å²) in [6.07, 6.45) is 1.42. The van der Waals surface area contributed by atoms with Crippen molar-refractivity contribution < 1.29 is 22.3 Å². The minimum Gasteiger partial charge on any atom is -0.465 e. The van der Waals surface area contributed by atoms with Gasteiger partial charge in [0.15, 0.2) is 0 Å². The van der Waals surface area contributed by atoms with Crippen LogP contribution >= 0.6 is 11.8 Å². The molecule has 0 aliphatic carbocycles. The second-order valence-electron chi connectivity index (χ2n) is 5.48. The predicted molar refractivity (Wildman–Crippen MR) is 90.5 cm³/mol. The van der Waals surface area contributed by atoms with Crippen LogP contribution in [0.15, 0.2) is 45.9 Å². The first-order chi connectivity index (χ1) is 12.0. The van der Waals surface area contributed by atoms with Crippen molar-refractivity contribution in [1.82, 2.24) is 4.98 Å². The molecule has 0 amide bonds. The highest BCUT2D eigenvalue weighted by molar-refractivity contribution is 7.99. The van der Waals surface area contributed by atoms with Gasteiger partial charge in [-0.15, -0.1) is 24.9 Å². The van der Waals surface area contributed by atoms with Crippen LogP contribution in [0.1, 0.15) is 17.0 Å². The molecule has 0 spiro atoms. The summed E-state index contributed by atoms with van der Waals surface area (Å²) in [5.41, 5.74) is 2.50. The highest BCUT2D eigenvalue weighted by Crippen LogP contribution is 2.40. The van der Waals surface area contributed by atoms with E-state index < -0.39 is 6.36 Å². The third-order valence-corrected chi connectivity index (χ3v) is 4.98. The molecule has 0 unspecified atom stereocenters. The molecule has 0 atom stereocenters. The van der Waals surface area contributed by atoms with E-state index in [1.54, 1.807) is 30.2 Å². The molecule has 7 heteroatoms. The van der Waals surface area contributed by atoms with Gasteiger partial charge in [-0.05, 0) is 54.5 Å². The van der Waals surface area contributed by atoms with E-state index in [0.717, 1.165) is 34.1 Å². The van der Waals surface area contributed by atoms with Crippen LogP contribution in [0.4, 0.5) is 13.2 Å². The van der Waals surface area contributed by atoms with Gasteiger partial charge in [0.05, 0.1) is 17.5 Å². The van der Waals surface area contributed by atoms with Crippen LogP contribution in [0.2, 0.25) is 0 Å². The van der Waals surface area contributed by atoms with Crippen LogP contribution in [0.3, 0.4) is 0 Å².